The maximum absolute atomic E-state index is 5.89. The van der Waals surface area contributed by atoms with Crippen LogP contribution in [-0.4, -0.2) is 0 Å². The van der Waals surface area contributed by atoms with Gasteiger partial charge in [-0.05, 0) is 37.3 Å². The van der Waals surface area contributed by atoms with Crippen molar-refractivity contribution in [2.24, 2.45) is 0 Å². The molecule has 14 heavy (non-hydrogen) atoms. The fourth-order valence-electron chi connectivity index (χ4n) is 2.01. The van der Waals surface area contributed by atoms with Crippen LogP contribution in [0.1, 0.15) is 37.7 Å². The zero-order valence-electron chi connectivity index (χ0n) is 8.50. The van der Waals surface area contributed by atoms with Crippen LogP contribution >= 0.6 is 0 Å². The van der Waals surface area contributed by atoms with Gasteiger partial charge in [0.2, 0.25) is 0 Å². The fraction of sp³-hybridized carbons (Fsp3) is 0.385. The van der Waals surface area contributed by atoms with E-state index in [1.165, 1.54) is 37.7 Å². The van der Waals surface area contributed by atoms with Gasteiger partial charge in [-0.1, -0.05) is 36.3 Å². The highest BCUT2D eigenvalue weighted by molar-refractivity contribution is 5.65. The standard InChI is InChI=1S/C13H17N/c14-13-9-5-4-8-12(13)10-11-6-2-1-3-7-11/h4-5,8-10H,1-3,6-7,14H2. The predicted molar refractivity (Wildman–Crippen MR) is 61.9 cm³/mol. The van der Waals surface area contributed by atoms with Gasteiger partial charge in [0.25, 0.3) is 0 Å². The van der Waals surface area contributed by atoms with Gasteiger partial charge >= 0.3 is 0 Å². The van der Waals surface area contributed by atoms with E-state index in [0.29, 0.717) is 0 Å². The van der Waals surface area contributed by atoms with Gasteiger partial charge in [-0.3, -0.25) is 0 Å². The van der Waals surface area contributed by atoms with Gasteiger partial charge in [0.15, 0.2) is 0 Å². The average molecular weight is 187 g/mol. The summed E-state index contributed by atoms with van der Waals surface area (Å²) < 4.78 is 0. The van der Waals surface area contributed by atoms with E-state index in [1.54, 1.807) is 5.57 Å². The number of hydrogen-bond donors (Lipinski definition) is 1. The smallest absolute Gasteiger partial charge is 0.0387 e. The van der Waals surface area contributed by atoms with Gasteiger partial charge in [0.1, 0.15) is 0 Å². The molecule has 0 amide bonds. The van der Waals surface area contributed by atoms with Gasteiger partial charge in [-0.15, -0.1) is 0 Å². The van der Waals surface area contributed by atoms with Crippen molar-refractivity contribution >= 4 is 11.8 Å². The van der Waals surface area contributed by atoms with Gasteiger partial charge in [0.05, 0.1) is 0 Å². The predicted octanol–water partition coefficient (Wildman–Crippen LogP) is 3.62. The number of anilines is 1. The molecule has 1 aliphatic rings. The first-order chi connectivity index (χ1) is 6.86. The van der Waals surface area contributed by atoms with Crippen molar-refractivity contribution in [3.05, 3.63) is 35.4 Å². The molecule has 1 aromatic rings. The zero-order valence-corrected chi connectivity index (χ0v) is 8.50. The first-order valence-corrected chi connectivity index (χ1v) is 5.40. The molecule has 2 rings (SSSR count). The third-order valence-electron chi connectivity index (χ3n) is 2.85. The van der Waals surface area contributed by atoms with Gasteiger partial charge in [0, 0.05) is 5.69 Å². The molecular weight excluding hydrogens is 170 g/mol. The second kappa shape index (κ2) is 4.32. The van der Waals surface area contributed by atoms with Crippen molar-refractivity contribution in [2.75, 3.05) is 5.73 Å². The van der Waals surface area contributed by atoms with Crippen molar-refractivity contribution in [1.82, 2.24) is 0 Å². The Balaban J connectivity index is 2.19. The second-order valence-electron chi connectivity index (χ2n) is 3.99. The van der Waals surface area contributed by atoms with Crippen molar-refractivity contribution < 1.29 is 0 Å². The molecule has 0 aliphatic heterocycles. The molecule has 1 fully saturated rings. The minimum atomic E-state index is 0.894. The number of rotatable bonds is 1. The Labute approximate surface area is 85.6 Å². The maximum atomic E-state index is 5.89. The molecular formula is C13H17N. The molecule has 1 heteroatoms. The first-order valence-electron chi connectivity index (χ1n) is 5.40. The SMILES string of the molecule is Nc1ccccc1C=C1CCCCC1. The summed E-state index contributed by atoms with van der Waals surface area (Å²) in [6, 6.07) is 8.09. The largest absolute Gasteiger partial charge is 0.398 e. The molecule has 74 valence electrons. The number of nitrogens with two attached hydrogens (primary N) is 1. The van der Waals surface area contributed by atoms with Gasteiger partial charge in [-0.2, -0.15) is 0 Å². The van der Waals surface area contributed by atoms with Crippen molar-refractivity contribution in [3.63, 3.8) is 0 Å². The Hall–Kier alpha value is -1.24. The summed E-state index contributed by atoms with van der Waals surface area (Å²) in [6.07, 6.45) is 8.87. The molecule has 1 aliphatic carbocycles. The molecule has 0 spiro atoms. The molecule has 1 saturated carbocycles. The number of nitrogen functional groups attached to an aromatic ring is 1. The summed E-state index contributed by atoms with van der Waals surface area (Å²) in [7, 11) is 0. The van der Waals surface area contributed by atoms with E-state index in [-0.39, 0.29) is 0 Å². The van der Waals surface area contributed by atoms with E-state index in [4.69, 9.17) is 5.73 Å². The summed E-state index contributed by atoms with van der Waals surface area (Å²) in [6.45, 7) is 0. The lowest BCUT2D eigenvalue weighted by atomic mass is 9.93. The topological polar surface area (TPSA) is 26.0 Å². The fourth-order valence-corrected chi connectivity index (χ4v) is 2.01. The molecule has 0 bridgehead atoms. The van der Waals surface area contributed by atoms with E-state index in [0.717, 1.165) is 5.69 Å². The van der Waals surface area contributed by atoms with E-state index < -0.39 is 0 Å². The Bertz CT molecular complexity index is 331. The highest BCUT2D eigenvalue weighted by atomic mass is 14.5. The quantitative estimate of drug-likeness (QED) is 0.668. The highest BCUT2D eigenvalue weighted by Gasteiger charge is 2.05. The number of allylic oxidation sites excluding steroid dienone is 1. The highest BCUT2D eigenvalue weighted by Crippen LogP contribution is 2.26. The molecule has 2 N–H and O–H groups in total. The molecule has 0 atom stereocenters. The van der Waals surface area contributed by atoms with Crippen molar-refractivity contribution in [3.8, 4) is 0 Å². The van der Waals surface area contributed by atoms with Crippen LogP contribution in [0.25, 0.3) is 6.08 Å². The van der Waals surface area contributed by atoms with Gasteiger partial charge in [-0.25, -0.2) is 0 Å². The second-order valence-corrected chi connectivity index (χ2v) is 3.99. The van der Waals surface area contributed by atoms with Crippen molar-refractivity contribution in [2.45, 2.75) is 32.1 Å². The monoisotopic (exact) mass is 187 g/mol. The minimum absolute atomic E-state index is 0.894. The summed E-state index contributed by atoms with van der Waals surface area (Å²) in [5.41, 5.74) is 9.54. The zero-order chi connectivity index (χ0) is 9.80. The number of benzene rings is 1. The Morgan fingerprint density at radius 3 is 2.43 bits per heavy atom. The van der Waals surface area contributed by atoms with E-state index in [2.05, 4.69) is 12.1 Å². The molecule has 0 heterocycles. The summed E-state index contributed by atoms with van der Waals surface area (Å²) in [5, 5.41) is 0. The normalized spacial score (nSPS) is 16.7. The molecule has 0 aromatic heterocycles. The van der Waals surface area contributed by atoms with Crippen LogP contribution in [0.5, 0.6) is 0 Å². The van der Waals surface area contributed by atoms with Gasteiger partial charge < -0.3 is 5.73 Å². The number of hydrogen-bond acceptors (Lipinski definition) is 1. The third-order valence-corrected chi connectivity index (χ3v) is 2.85. The van der Waals surface area contributed by atoms with Crippen LogP contribution in [0.3, 0.4) is 0 Å². The summed E-state index contributed by atoms with van der Waals surface area (Å²) in [5.74, 6) is 0. The lowest BCUT2D eigenvalue weighted by Gasteiger charge is -2.13. The Kier molecular flexibility index (Phi) is 2.87. The summed E-state index contributed by atoms with van der Waals surface area (Å²) in [4.78, 5) is 0. The van der Waals surface area contributed by atoms with Crippen LogP contribution in [0.15, 0.2) is 29.8 Å². The molecule has 0 unspecified atom stereocenters. The van der Waals surface area contributed by atoms with Crippen LogP contribution in [-0.2, 0) is 0 Å². The Morgan fingerprint density at radius 2 is 1.71 bits per heavy atom. The maximum Gasteiger partial charge on any atom is 0.0387 e. The lowest BCUT2D eigenvalue weighted by molar-refractivity contribution is 0.602. The van der Waals surface area contributed by atoms with Crippen LogP contribution in [0, 0.1) is 0 Å². The lowest BCUT2D eigenvalue weighted by Crippen LogP contribution is -1.94. The van der Waals surface area contributed by atoms with Crippen molar-refractivity contribution in [1.29, 1.82) is 0 Å². The average Bonchev–Trinajstić information content (AvgIpc) is 2.23. The molecule has 1 aromatic carbocycles. The molecule has 1 nitrogen and oxygen atoms in total. The van der Waals surface area contributed by atoms with E-state index in [1.807, 2.05) is 18.2 Å². The van der Waals surface area contributed by atoms with Crippen LogP contribution in [0.4, 0.5) is 5.69 Å². The third kappa shape index (κ3) is 2.16. The molecule has 0 saturated heterocycles. The van der Waals surface area contributed by atoms with E-state index in [9.17, 15) is 0 Å². The summed E-state index contributed by atoms with van der Waals surface area (Å²) >= 11 is 0. The Morgan fingerprint density at radius 1 is 1.00 bits per heavy atom. The first kappa shape index (κ1) is 9.32. The minimum Gasteiger partial charge on any atom is -0.398 e. The molecule has 0 radical (unpaired) electrons. The van der Waals surface area contributed by atoms with Crippen LogP contribution in [0.2, 0.25) is 0 Å². The van der Waals surface area contributed by atoms with E-state index >= 15 is 0 Å². The number of para-hydroxylation sites is 1. The van der Waals surface area contributed by atoms with Crippen LogP contribution < -0.4 is 5.73 Å².